The molecule has 0 aromatic heterocycles. The van der Waals surface area contributed by atoms with Crippen LogP contribution in [0.4, 0.5) is 5.69 Å². The Kier molecular flexibility index (Phi) is 6.00. The number of carbonyl (C=O) groups excluding carboxylic acids is 3. The minimum absolute atomic E-state index is 0.255. The summed E-state index contributed by atoms with van der Waals surface area (Å²) in [7, 11) is 0. The van der Waals surface area contributed by atoms with E-state index in [0.29, 0.717) is 0 Å². The highest BCUT2D eigenvalue weighted by Crippen LogP contribution is 2.35. The Labute approximate surface area is 148 Å². The highest BCUT2D eigenvalue weighted by Gasteiger charge is 2.38. The molecule has 1 aromatic rings. The predicted octanol–water partition coefficient (Wildman–Crippen LogP) is 3.11. The second kappa shape index (κ2) is 7.40. The molecule has 1 rings (SSSR count). The number of rotatable bonds is 5. The highest BCUT2D eigenvalue weighted by atomic mass is 35.5. The van der Waals surface area contributed by atoms with Crippen molar-refractivity contribution in [3.8, 4) is 11.8 Å². The van der Waals surface area contributed by atoms with Crippen molar-refractivity contribution >= 4 is 34.8 Å². The van der Waals surface area contributed by atoms with Gasteiger partial charge in [-0.25, -0.2) is 0 Å². The van der Waals surface area contributed by atoms with Gasteiger partial charge in [0.05, 0.1) is 16.0 Å². The number of ether oxygens (including phenoxy) is 1. The third-order valence-corrected chi connectivity index (χ3v) is 3.45. The molecular weight excluding hydrogens is 352 g/mol. The molecule has 0 saturated heterocycles. The van der Waals surface area contributed by atoms with Crippen LogP contribution in [0.1, 0.15) is 38.1 Å². The summed E-state index contributed by atoms with van der Waals surface area (Å²) >= 11 is 5.82. The maximum atomic E-state index is 12.6. The van der Waals surface area contributed by atoms with Gasteiger partial charge in [-0.15, -0.1) is 0 Å². The van der Waals surface area contributed by atoms with Gasteiger partial charge in [-0.05, 0) is 0 Å². The number of nitro benzene ring substituents is 1. The van der Waals surface area contributed by atoms with E-state index in [0.717, 1.165) is 19.1 Å². The zero-order valence-corrected chi connectivity index (χ0v) is 14.7. The molecule has 0 heterocycles. The van der Waals surface area contributed by atoms with Crippen LogP contribution in [-0.2, 0) is 9.59 Å². The monoisotopic (exact) mass is 366 g/mol. The lowest BCUT2D eigenvalue weighted by Gasteiger charge is -2.19. The van der Waals surface area contributed by atoms with Crippen molar-refractivity contribution in [1.29, 1.82) is 5.26 Å². The summed E-state index contributed by atoms with van der Waals surface area (Å²) in [6.07, 6.45) is 0. The third kappa shape index (κ3) is 4.61. The van der Waals surface area contributed by atoms with Crippen molar-refractivity contribution in [2.45, 2.75) is 27.7 Å². The van der Waals surface area contributed by atoms with Gasteiger partial charge in [-0.3, -0.25) is 24.5 Å². The van der Waals surface area contributed by atoms with Gasteiger partial charge in [-0.2, -0.15) is 5.26 Å². The Morgan fingerprint density at radius 3 is 2.28 bits per heavy atom. The molecule has 0 bridgehead atoms. The van der Waals surface area contributed by atoms with E-state index in [1.165, 1.54) is 20.8 Å². The molecule has 0 N–H and O–H groups in total. The van der Waals surface area contributed by atoms with Crippen LogP contribution in [-0.4, -0.2) is 22.5 Å². The molecule has 0 saturated carbocycles. The maximum Gasteiger partial charge on any atom is 0.308 e. The summed E-state index contributed by atoms with van der Waals surface area (Å²) in [5.41, 5.74) is -2.22. The van der Waals surface area contributed by atoms with Gasteiger partial charge >= 0.3 is 5.97 Å². The Bertz CT molecular complexity index is 804. The Balaban J connectivity index is 3.54. The average molecular weight is 367 g/mol. The van der Waals surface area contributed by atoms with Crippen LogP contribution in [0.25, 0.3) is 0 Å². The van der Waals surface area contributed by atoms with Crippen LogP contribution in [0.15, 0.2) is 12.1 Å². The fraction of sp³-hybridized carbons (Fsp3) is 0.375. The Morgan fingerprint density at radius 2 is 1.88 bits per heavy atom. The molecule has 0 spiro atoms. The van der Waals surface area contributed by atoms with Crippen molar-refractivity contribution < 1.29 is 24.0 Å². The van der Waals surface area contributed by atoms with Crippen LogP contribution < -0.4 is 4.74 Å². The first-order valence-electron chi connectivity index (χ1n) is 7.04. The van der Waals surface area contributed by atoms with Gasteiger partial charge in [-0.1, -0.05) is 32.4 Å². The molecule has 0 aliphatic carbocycles. The van der Waals surface area contributed by atoms with Crippen molar-refractivity contribution in [2.75, 3.05) is 0 Å². The number of hydrogen-bond donors (Lipinski definition) is 0. The lowest BCUT2D eigenvalue weighted by atomic mass is 9.80. The fourth-order valence-electron chi connectivity index (χ4n) is 1.95. The van der Waals surface area contributed by atoms with Crippen LogP contribution in [0, 0.1) is 32.8 Å². The largest absolute Gasteiger partial charge is 0.425 e. The van der Waals surface area contributed by atoms with Crippen LogP contribution in [0.2, 0.25) is 5.02 Å². The molecule has 8 nitrogen and oxygen atoms in total. The van der Waals surface area contributed by atoms with E-state index in [-0.39, 0.29) is 10.8 Å². The summed E-state index contributed by atoms with van der Waals surface area (Å²) < 4.78 is 4.80. The quantitative estimate of drug-likeness (QED) is 0.195. The number of nitriles is 1. The first kappa shape index (κ1) is 20.3. The molecule has 25 heavy (non-hydrogen) atoms. The normalized spacial score (nSPS) is 12.0. The number of halogens is 1. The van der Waals surface area contributed by atoms with Gasteiger partial charge in [0.15, 0.2) is 23.2 Å². The van der Waals surface area contributed by atoms with E-state index in [1.54, 1.807) is 6.07 Å². The molecule has 0 aliphatic rings. The molecule has 0 radical (unpaired) electrons. The topological polar surface area (TPSA) is 127 Å². The van der Waals surface area contributed by atoms with Crippen LogP contribution in [0.3, 0.4) is 0 Å². The fourth-order valence-corrected chi connectivity index (χ4v) is 2.15. The average Bonchev–Trinajstić information content (AvgIpc) is 2.47. The molecule has 1 atom stereocenters. The van der Waals surface area contributed by atoms with Gasteiger partial charge in [0.1, 0.15) is 5.56 Å². The van der Waals surface area contributed by atoms with Gasteiger partial charge in [0.25, 0.3) is 5.69 Å². The van der Waals surface area contributed by atoms with Crippen molar-refractivity contribution in [3.63, 3.8) is 0 Å². The number of ketones is 2. The Hall–Kier alpha value is -2.79. The zero-order valence-electron chi connectivity index (χ0n) is 14.0. The van der Waals surface area contributed by atoms with Crippen LogP contribution in [0.5, 0.6) is 5.75 Å². The highest BCUT2D eigenvalue weighted by molar-refractivity contribution is 6.32. The smallest absolute Gasteiger partial charge is 0.308 e. The van der Waals surface area contributed by atoms with Crippen molar-refractivity contribution in [3.05, 3.63) is 32.8 Å². The molecule has 1 unspecified atom stereocenters. The predicted molar refractivity (Wildman–Crippen MR) is 87.3 cm³/mol. The van der Waals surface area contributed by atoms with Crippen molar-refractivity contribution in [1.82, 2.24) is 0 Å². The third-order valence-electron chi connectivity index (χ3n) is 3.16. The number of Topliss-reactive ketones (excluding diaryl/α,β-unsaturated/α-hetero) is 2. The summed E-state index contributed by atoms with van der Waals surface area (Å²) in [6, 6.07) is 3.31. The van der Waals surface area contributed by atoms with Gasteiger partial charge in [0.2, 0.25) is 0 Å². The number of benzene rings is 1. The first-order chi connectivity index (χ1) is 11.4. The van der Waals surface area contributed by atoms with E-state index < -0.39 is 45.0 Å². The lowest BCUT2D eigenvalue weighted by Crippen LogP contribution is -2.33. The standard InChI is InChI=1S/C16H15ClN2O6/c1-8(20)25-13-5-9(12(19(23)24)6-11(13)17)14(21)10(7-18)15(22)16(2,3)4/h5-6,10H,1-4H3. The van der Waals surface area contributed by atoms with E-state index in [2.05, 4.69) is 0 Å². The number of carbonyl (C=O) groups is 3. The zero-order chi connectivity index (χ0) is 19.5. The Morgan fingerprint density at radius 1 is 1.32 bits per heavy atom. The van der Waals surface area contributed by atoms with Gasteiger partial charge < -0.3 is 4.74 Å². The lowest BCUT2D eigenvalue weighted by molar-refractivity contribution is -0.385. The first-order valence-corrected chi connectivity index (χ1v) is 7.42. The molecular formula is C16H15ClN2O6. The number of nitrogens with zero attached hydrogens (tertiary/aromatic N) is 2. The summed E-state index contributed by atoms with van der Waals surface area (Å²) in [5, 5.41) is 20.2. The maximum absolute atomic E-state index is 12.6. The molecule has 0 aliphatic heterocycles. The van der Waals surface area contributed by atoms with Crippen LogP contribution >= 0.6 is 11.6 Å². The van der Waals surface area contributed by atoms with E-state index in [9.17, 15) is 29.8 Å². The van der Waals surface area contributed by atoms with E-state index >= 15 is 0 Å². The minimum Gasteiger partial charge on any atom is -0.425 e. The second-order valence-corrected chi connectivity index (χ2v) is 6.60. The molecule has 0 fully saturated rings. The molecule has 132 valence electrons. The van der Waals surface area contributed by atoms with Crippen molar-refractivity contribution in [2.24, 2.45) is 11.3 Å². The summed E-state index contributed by atoms with van der Waals surface area (Å²) in [6.45, 7) is 5.65. The number of esters is 1. The second-order valence-electron chi connectivity index (χ2n) is 6.19. The SMILES string of the molecule is CC(=O)Oc1cc(C(=O)C(C#N)C(=O)C(C)(C)C)c([N+](=O)[O-])cc1Cl. The number of nitro groups is 1. The summed E-state index contributed by atoms with van der Waals surface area (Å²) in [5.74, 6) is -4.50. The molecule has 9 heteroatoms. The molecule has 1 aromatic carbocycles. The van der Waals surface area contributed by atoms with E-state index in [4.69, 9.17) is 16.3 Å². The van der Waals surface area contributed by atoms with Gasteiger partial charge in [0, 0.05) is 24.5 Å². The van der Waals surface area contributed by atoms with E-state index in [1.807, 2.05) is 0 Å². The number of hydrogen-bond acceptors (Lipinski definition) is 7. The molecule has 0 amide bonds. The summed E-state index contributed by atoms with van der Waals surface area (Å²) in [4.78, 5) is 46.3. The minimum atomic E-state index is -1.73.